The second kappa shape index (κ2) is 13.5. The highest BCUT2D eigenvalue weighted by atomic mass is 16.6. The minimum Gasteiger partial charge on any atom is -0.374 e. The minimum atomic E-state index is -0.774. The summed E-state index contributed by atoms with van der Waals surface area (Å²) in [5.74, 6) is 2.62. The van der Waals surface area contributed by atoms with Gasteiger partial charge < -0.3 is 18.9 Å². The van der Waals surface area contributed by atoms with E-state index in [2.05, 4.69) is 15.9 Å². The zero-order valence-corrected chi connectivity index (χ0v) is 19.9. The highest BCUT2D eigenvalue weighted by Gasteiger charge is 2.46. The van der Waals surface area contributed by atoms with Crippen molar-refractivity contribution in [3.63, 3.8) is 0 Å². The summed E-state index contributed by atoms with van der Waals surface area (Å²) in [6.07, 6.45) is 3.28. The van der Waals surface area contributed by atoms with Gasteiger partial charge in [-0.1, -0.05) is 102 Å². The molecule has 1 aliphatic rings. The lowest BCUT2D eigenvalue weighted by Gasteiger charge is -2.43. The van der Waals surface area contributed by atoms with Crippen LogP contribution in [-0.4, -0.2) is 37.1 Å². The molecule has 3 aromatic rings. The lowest BCUT2D eigenvalue weighted by molar-refractivity contribution is -0.217. The zero-order valence-electron chi connectivity index (χ0n) is 19.9. The number of nitrogens with zero attached hydrogens (tertiary/aromatic N) is 3. The van der Waals surface area contributed by atoms with E-state index >= 15 is 0 Å². The second-order valence-electron chi connectivity index (χ2n) is 8.48. The number of azide groups is 1. The van der Waals surface area contributed by atoms with E-state index in [9.17, 15) is 5.53 Å². The summed E-state index contributed by atoms with van der Waals surface area (Å²) >= 11 is 0. The molecule has 1 aliphatic heterocycles. The fourth-order valence-corrected chi connectivity index (χ4v) is 4.18. The van der Waals surface area contributed by atoms with Crippen molar-refractivity contribution in [3.05, 3.63) is 118 Å². The first-order chi connectivity index (χ1) is 17.8. The van der Waals surface area contributed by atoms with Crippen LogP contribution in [0.4, 0.5) is 0 Å². The Hall–Kier alpha value is -3.63. The van der Waals surface area contributed by atoms with Gasteiger partial charge in [0.15, 0.2) is 0 Å². The lowest BCUT2D eigenvalue weighted by Crippen LogP contribution is -2.59. The molecule has 7 nitrogen and oxygen atoms in total. The first-order valence-corrected chi connectivity index (χ1v) is 11.9. The molecule has 0 spiro atoms. The summed E-state index contributed by atoms with van der Waals surface area (Å²) in [7, 11) is 0. The van der Waals surface area contributed by atoms with Gasteiger partial charge in [-0.2, -0.15) is 0 Å². The Balaban J connectivity index is 1.56. The van der Waals surface area contributed by atoms with Crippen molar-refractivity contribution in [2.75, 3.05) is 6.61 Å². The molecule has 1 saturated heterocycles. The topological polar surface area (TPSA) is 85.7 Å². The van der Waals surface area contributed by atoms with Crippen LogP contribution in [0.5, 0.6) is 0 Å². The van der Waals surface area contributed by atoms with Gasteiger partial charge in [0, 0.05) is 4.91 Å². The average molecular weight is 484 g/mol. The smallest absolute Gasteiger partial charge is 0.129 e. The van der Waals surface area contributed by atoms with Crippen molar-refractivity contribution < 1.29 is 18.9 Å². The van der Waals surface area contributed by atoms with E-state index in [4.69, 9.17) is 25.4 Å². The van der Waals surface area contributed by atoms with E-state index in [1.807, 2.05) is 91.0 Å². The third-order valence-electron chi connectivity index (χ3n) is 5.97. The molecule has 4 rings (SSSR count). The predicted molar refractivity (Wildman–Crippen MR) is 137 cm³/mol. The normalized spacial score (nSPS) is 23.4. The predicted octanol–water partition coefficient (Wildman–Crippen LogP) is 5.45. The first-order valence-electron chi connectivity index (χ1n) is 11.9. The van der Waals surface area contributed by atoms with Crippen LogP contribution in [0.2, 0.25) is 0 Å². The fraction of sp³-hybridized carbons (Fsp3) is 0.310. The maximum absolute atomic E-state index is 9.28. The molecule has 3 aromatic carbocycles. The Bertz CT molecular complexity index is 1150. The summed E-state index contributed by atoms with van der Waals surface area (Å²) in [6.45, 7) is 1.30. The lowest BCUT2D eigenvalue weighted by atomic mass is 9.93. The SMILES string of the molecule is C#C[C@H]1O[C@H](COCc2ccccc2)[C@H](OCc2ccccc2)[C@H](OCc2ccccc2)[C@H]1N=[N+]=[N-]. The van der Waals surface area contributed by atoms with Crippen molar-refractivity contribution in [1.82, 2.24) is 0 Å². The van der Waals surface area contributed by atoms with Gasteiger partial charge in [-0.15, -0.1) is 6.42 Å². The van der Waals surface area contributed by atoms with Gasteiger partial charge in [0.25, 0.3) is 0 Å². The molecule has 5 atom stereocenters. The monoisotopic (exact) mass is 483 g/mol. The minimum absolute atomic E-state index is 0.237. The summed E-state index contributed by atoms with van der Waals surface area (Å²) < 4.78 is 24.9. The van der Waals surface area contributed by atoms with Gasteiger partial charge in [-0.3, -0.25) is 0 Å². The molecule has 1 heterocycles. The maximum Gasteiger partial charge on any atom is 0.129 e. The van der Waals surface area contributed by atoms with Gasteiger partial charge in [0.2, 0.25) is 0 Å². The highest BCUT2D eigenvalue weighted by molar-refractivity contribution is 5.16. The number of hydrogen-bond donors (Lipinski definition) is 0. The molecule has 0 saturated carbocycles. The van der Waals surface area contributed by atoms with E-state index in [0.717, 1.165) is 16.7 Å². The van der Waals surface area contributed by atoms with E-state index < -0.39 is 30.5 Å². The van der Waals surface area contributed by atoms with Crippen LogP contribution in [0.15, 0.2) is 96.1 Å². The molecule has 0 amide bonds. The molecule has 0 bridgehead atoms. The second-order valence-corrected chi connectivity index (χ2v) is 8.48. The number of hydrogen-bond acceptors (Lipinski definition) is 5. The van der Waals surface area contributed by atoms with Crippen molar-refractivity contribution in [2.24, 2.45) is 5.11 Å². The van der Waals surface area contributed by atoms with Gasteiger partial charge >= 0.3 is 0 Å². The van der Waals surface area contributed by atoms with E-state index in [-0.39, 0.29) is 6.61 Å². The van der Waals surface area contributed by atoms with Crippen LogP contribution >= 0.6 is 0 Å². The summed E-state index contributed by atoms with van der Waals surface area (Å²) in [6, 6.07) is 28.8. The number of rotatable bonds is 11. The Morgan fingerprint density at radius 3 is 1.78 bits per heavy atom. The standard InChI is InChI=1S/C29H29N3O4/c1-2-25-27(31-32-30)29(35-20-24-16-10-5-11-17-24)28(34-19-23-14-8-4-9-15-23)26(36-25)21-33-18-22-12-6-3-7-13-22/h1,3-17,25-29H,18-21H2/t25-,26-,27+,28+,29-/m1/s1. The molecule has 36 heavy (non-hydrogen) atoms. The van der Waals surface area contributed by atoms with Crippen LogP contribution in [-0.2, 0) is 38.8 Å². The van der Waals surface area contributed by atoms with Crippen LogP contribution in [0.25, 0.3) is 10.4 Å². The van der Waals surface area contributed by atoms with E-state index in [1.165, 1.54) is 0 Å². The molecule has 1 fully saturated rings. The van der Waals surface area contributed by atoms with Crippen LogP contribution < -0.4 is 0 Å². The van der Waals surface area contributed by atoms with Crippen molar-refractivity contribution in [2.45, 2.75) is 50.3 Å². The summed E-state index contributed by atoms with van der Waals surface area (Å²) in [4.78, 5) is 3.03. The zero-order chi connectivity index (χ0) is 25.0. The summed E-state index contributed by atoms with van der Waals surface area (Å²) in [5.41, 5.74) is 12.3. The molecule has 0 aromatic heterocycles. The number of benzene rings is 3. The van der Waals surface area contributed by atoms with Gasteiger partial charge in [0.1, 0.15) is 24.4 Å². The Labute approximate surface area is 211 Å². The highest BCUT2D eigenvalue weighted by Crippen LogP contribution is 2.30. The Morgan fingerprint density at radius 1 is 0.778 bits per heavy atom. The molecule has 0 N–H and O–H groups in total. The fourth-order valence-electron chi connectivity index (χ4n) is 4.18. The van der Waals surface area contributed by atoms with Crippen LogP contribution in [0.3, 0.4) is 0 Å². The molecule has 0 unspecified atom stereocenters. The van der Waals surface area contributed by atoms with E-state index in [0.29, 0.717) is 19.8 Å². The van der Waals surface area contributed by atoms with Gasteiger partial charge in [0.05, 0.1) is 32.5 Å². The van der Waals surface area contributed by atoms with Crippen LogP contribution in [0.1, 0.15) is 16.7 Å². The van der Waals surface area contributed by atoms with Crippen LogP contribution in [0, 0.1) is 12.3 Å². The number of ether oxygens (including phenoxy) is 4. The molecule has 0 radical (unpaired) electrons. The van der Waals surface area contributed by atoms with Crippen molar-refractivity contribution >= 4 is 0 Å². The Kier molecular flexibility index (Phi) is 9.52. The Morgan fingerprint density at radius 2 is 1.28 bits per heavy atom. The first kappa shape index (κ1) is 25.5. The van der Waals surface area contributed by atoms with Crippen molar-refractivity contribution in [3.8, 4) is 12.3 Å². The third-order valence-corrected chi connectivity index (χ3v) is 5.97. The van der Waals surface area contributed by atoms with E-state index in [1.54, 1.807) is 0 Å². The molecular weight excluding hydrogens is 454 g/mol. The number of terminal acetylenes is 1. The molecular formula is C29H29N3O4. The van der Waals surface area contributed by atoms with Gasteiger partial charge in [-0.25, -0.2) is 0 Å². The average Bonchev–Trinajstić information content (AvgIpc) is 2.93. The molecule has 7 heteroatoms. The molecule has 184 valence electrons. The summed E-state index contributed by atoms with van der Waals surface area (Å²) in [5, 5.41) is 3.96. The molecule has 0 aliphatic carbocycles. The quantitative estimate of drug-likeness (QED) is 0.157. The van der Waals surface area contributed by atoms with Crippen molar-refractivity contribution in [1.29, 1.82) is 0 Å². The third kappa shape index (κ3) is 6.96. The maximum atomic E-state index is 9.28. The van der Waals surface area contributed by atoms with Gasteiger partial charge in [-0.05, 0) is 22.2 Å². The largest absolute Gasteiger partial charge is 0.374 e.